The van der Waals surface area contributed by atoms with E-state index in [0.29, 0.717) is 5.13 Å². The van der Waals surface area contributed by atoms with Gasteiger partial charge in [-0.05, 0) is 43.9 Å². The topological polar surface area (TPSA) is 60.5 Å². The minimum absolute atomic E-state index is 0.0707. The van der Waals surface area contributed by atoms with Gasteiger partial charge in [0, 0.05) is 10.4 Å². The standard InChI is InChI=1S/C16H16F2N2O3S/c1-22-12-8-9(6-7-11(12)23-15(17)18)14(21)20-16-19-10-4-2-3-5-13(10)24-16/h6-8,15H,2-5H2,1H3,(H,19,20,21). The van der Waals surface area contributed by atoms with E-state index in [1.807, 2.05) is 0 Å². The van der Waals surface area contributed by atoms with Crippen molar-refractivity contribution in [2.75, 3.05) is 12.4 Å². The number of methoxy groups -OCH3 is 1. The lowest BCUT2D eigenvalue weighted by molar-refractivity contribution is -0.0512. The third-order valence-corrected chi connectivity index (χ3v) is 4.78. The number of nitrogens with one attached hydrogen (secondary N) is 1. The molecule has 0 radical (unpaired) electrons. The molecule has 1 N–H and O–H groups in total. The van der Waals surface area contributed by atoms with Crippen LogP contribution in [0.25, 0.3) is 0 Å². The predicted molar refractivity (Wildman–Crippen MR) is 86.3 cm³/mol. The SMILES string of the molecule is COc1cc(C(=O)Nc2nc3c(s2)CCCC3)ccc1OC(F)F. The van der Waals surface area contributed by atoms with Crippen molar-refractivity contribution in [3.63, 3.8) is 0 Å². The van der Waals surface area contributed by atoms with Crippen LogP contribution in [0.2, 0.25) is 0 Å². The Balaban J connectivity index is 1.76. The van der Waals surface area contributed by atoms with Crippen LogP contribution in [-0.2, 0) is 12.8 Å². The molecule has 1 aliphatic carbocycles. The van der Waals surface area contributed by atoms with Gasteiger partial charge in [0.25, 0.3) is 5.91 Å². The number of aromatic nitrogens is 1. The highest BCUT2D eigenvalue weighted by molar-refractivity contribution is 7.15. The zero-order valence-electron chi connectivity index (χ0n) is 13.0. The zero-order chi connectivity index (χ0) is 17.1. The number of carbonyl (C=O) groups is 1. The molecular weight excluding hydrogens is 338 g/mol. The molecule has 128 valence electrons. The number of amides is 1. The van der Waals surface area contributed by atoms with E-state index in [9.17, 15) is 13.6 Å². The lowest BCUT2D eigenvalue weighted by atomic mass is 10.0. The summed E-state index contributed by atoms with van der Waals surface area (Å²) in [6.07, 6.45) is 4.20. The van der Waals surface area contributed by atoms with Crippen LogP contribution in [0, 0.1) is 0 Å². The molecule has 1 aromatic carbocycles. The molecule has 0 unspecified atom stereocenters. The summed E-state index contributed by atoms with van der Waals surface area (Å²) in [6, 6.07) is 4.05. The fourth-order valence-corrected chi connectivity index (χ4v) is 3.62. The van der Waals surface area contributed by atoms with E-state index < -0.39 is 6.61 Å². The quantitative estimate of drug-likeness (QED) is 0.885. The Kier molecular flexibility index (Phi) is 4.94. The van der Waals surface area contributed by atoms with Crippen LogP contribution in [0.1, 0.15) is 33.8 Å². The maximum Gasteiger partial charge on any atom is 0.387 e. The van der Waals surface area contributed by atoms with Crippen molar-refractivity contribution < 1.29 is 23.0 Å². The molecule has 0 saturated heterocycles. The fourth-order valence-electron chi connectivity index (χ4n) is 2.58. The minimum atomic E-state index is -2.96. The number of nitrogens with zero attached hydrogens (tertiary/aromatic N) is 1. The van der Waals surface area contributed by atoms with Crippen LogP contribution >= 0.6 is 11.3 Å². The Morgan fingerprint density at radius 3 is 2.79 bits per heavy atom. The van der Waals surface area contributed by atoms with Crippen LogP contribution in [0.15, 0.2) is 18.2 Å². The maximum absolute atomic E-state index is 12.3. The van der Waals surface area contributed by atoms with E-state index in [0.717, 1.165) is 31.4 Å². The summed E-state index contributed by atoms with van der Waals surface area (Å²) in [6.45, 7) is -2.96. The molecule has 0 aliphatic heterocycles. The van der Waals surface area contributed by atoms with E-state index in [-0.39, 0.29) is 23.0 Å². The molecule has 1 aliphatic rings. The summed E-state index contributed by atoms with van der Waals surface area (Å²) in [4.78, 5) is 18.0. The largest absolute Gasteiger partial charge is 0.493 e. The van der Waals surface area contributed by atoms with Crippen molar-refractivity contribution >= 4 is 22.4 Å². The van der Waals surface area contributed by atoms with Crippen LogP contribution in [0.5, 0.6) is 11.5 Å². The maximum atomic E-state index is 12.3. The number of fused-ring (bicyclic) bond motifs is 1. The van der Waals surface area contributed by atoms with E-state index in [2.05, 4.69) is 15.0 Å². The minimum Gasteiger partial charge on any atom is -0.493 e. The summed E-state index contributed by atoms with van der Waals surface area (Å²) >= 11 is 1.48. The molecular formula is C16H16F2N2O3S. The summed E-state index contributed by atoms with van der Waals surface area (Å²) < 4.78 is 34.0. The summed E-state index contributed by atoms with van der Waals surface area (Å²) in [7, 11) is 1.32. The van der Waals surface area contributed by atoms with E-state index >= 15 is 0 Å². The highest BCUT2D eigenvalue weighted by Crippen LogP contribution is 2.31. The van der Waals surface area contributed by atoms with Gasteiger partial charge in [0.1, 0.15) is 0 Å². The van der Waals surface area contributed by atoms with Gasteiger partial charge in [0.2, 0.25) is 0 Å². The Morgan fingerprint density at radius 1 is 1.29 bits per heavy atom. The van der Waals surface area contributed by atoms with Gasteiger partial charge >= 0.3 is 6.61 Å². The monoisotopic (exact) mass is 354 g/mol. The molecule has 1 heterocycles. The molecule has 0 fully saturated rings. The van der Waals surface area contributed by atoms with Crippen LogP contribution in [-0.4, -0.2) is 24.6 Å². The number of ether oxygens (including phenoxy) is 2. The summed E-state index contributed by atoms with van der Waals surface area (Å²) in [5, 5.41) is 3.31. The number of alkyl halides is 2. The molecule has 0 spiro atoms. The Hall–Kier alpha value is -2.22. The van der Waals surface area contributed by atoms with Gasteiger partial charge in [0.15, 0.2) is 16.6 Å². The van der Waals surface area contributed by atoms with Gasteiger partial charge < -0.3 is 9.47 Å². The highest BCUT2D eigenvalue weighted by Gasteiger charge is 2.18. The fraction of sp³-hybridized carbons (Fsp3) is 0.375. The molecule has 3 rings (SSSR count). The van der Waals surface area contributed by atoms with Crippen LogP contribution in [0.4, 0.5) is 13.9 Å². The number of hydrogen-bond donors (Lipinski definition) is 1. The van der Waals surface area contributed by atoms with Crippen LogP contribution in [0.3, 0.4) is 0 Å². The van der Waals surface area contributed by atoms with Crippen molar-refractivity contribution in [3.05, 3.63) is 34.3 Å². The lowest BCUT2D eigenvalue weighted by Crippen LogP contribution is -2.12. The van der Waals surface area contributed by atoms with Crippen molar-refractivity contribution in [2.24, 2.45) is 0 Å². The number of anilines is 1. The zero-order valence-corrected chi connectivity index (χ0v) is 13.8. The highest BCUT2D eigenvalue weighted by atomic mass is 32.1. The number of thiazole rings is 1. The first kappa shape index (κ1) is 16.6. The molecule has 0 atom stereocenters. The average Bonchev–Trinajstić information content (AvgIpc) is 2.96. The van der Waals surface area contributed by atoms with Crippen molar-refractivity contribution in [2.45, 2.75) is 32.3 Å². The first-order valence-electron chi connectivity index (χ1n) is 7.49. The summed E-state index contributed by atoms with van der Waals surface area (Å²) in [5.74, 6) is -0.418. The first-order chi connectivity index (χ1) is 11.6. The second kappa shape index (κ2) is 7.12. The van der Waals surface area contributed by atoms with E-state index in [1.165, 1.54) is 41.5 Å². The normalized spacial score (nSPS) is 13.5. The van der Waals surface area contributed by atoms with Crippen LogP contribution < -0.4 is 14.8 Å². The second-order valence-corrected chi connectivity index (χ2v) is 6.38. The van der Waals surface area contributed by atoms with Gasteiger partial charge in [-0.3, -0.25) is 10.1 Å². The second-order valence-electron chi connectivity index (χ2n) is 5.29. The summed E-state index contributed by atoms with van der Waals surface area (Å²) in [5.41, 5.74) is 1.33. The molecule has 5 nitrogen and oxygen atoms in total. The van der Waals surface area contributed by atoms with Gasteiger partial charge in [-0.25, -0.2) is 4.98 Å². The van der Waals surface area contributed by atoms with Crippen molar-refractivity contribution in [3.8, 4) is 11.5 Å². The number of hydrogen-bond acceptors (Lipinski definition) is 5. The van der Waals surface area contributed by atoms with E-state index in [1.54, 1.807) is 0 Å². The third kappa shape index (κ3) is 3.64. The van der Waals surface area contributed by atoms with Crippen molar-refractivity contribution in [1.29, 1.82) is 0 Å². The molecule has 2 aromatic rings. The van der Waals surface area contributed by atoms with Gasteiger partial charge in [0.05, 0.1) is 12.8 Å². The molecule has 1 amide bonds. The van der Waals surface area contributed by atoms with Crippen molar-refractivity contribution in [1.82, 2.24) is 4.98 Å². The lowest BCUT2D eigenvalue weighted by Gasteiger charge is -2.11. The Labute approximate surface area is 141 Å². The number of rotatable bonds is 5. The third-order valence-electron chi connectivity index (χ3n) is 3.71. The first-order valence-corrected chi connectivity index (χ1v) is 8.31. The van der Waals surface area contributed by atoms with Gasteiger partial charge in [-0.1, -0.05) is 0 Å². The smallest absolute Gasteiger partial charge is 0.387 e. The number of benzene rings is 1. The van der Waals surface area contributed by atoms with Gasteiger partial charge in [-0.2, -0.15) is 8.78 Å². The number of carbonyl (C=O) groups excluding carboxylic acids is 1. The number of halogens is 2. The Morgan fingerprint density at radius 2 is 2.08 bits per heavy atom. The Bertz CT molecular complexity index is 725. The molecule has 8 heteroatoms. The number of aryl methyl sites for hydroxylation is 2. The predicted octanol–water partition coefficient (Wildman–Crippen LogP) is 3.88. The average molecular weight is 354 g/mol. The molecule has 0 saturated carbocycles. The van der Waals surface area contributed by atoms with E-state index in [4.69, 9.17) is 4.74 Å². The molecule has 0 bridgehead atoms. The van der Waals surface area contributed by atoms with Gasteiger partial charge in [-0.15, -0.1) is 11.3 Å². The molecule has 24 heavy (non-hydrogen) atoms. The molecule has 1 aromatic heterocycles.